The highest BCUT2D eigenvalue weighted by molar-refractivity contribution is 5.95. The van der Waals surface area contributed by atoms with E-state index in [-0.39, 0.29) is 11.9 Å². The molecule has 6 nitrogen and oxygen atoms in total. The zero-order valence-corrected chi connectivity index (χ0v) is 13.1. The van der Waals surface area contributed by atoms with Crippen LogP contribution in [0.1, 0.15) is 22.5 Å². The molecule has 1 amide bonds. The highest BCUT2D eigenvalue weighted by atomic mass is 16.3. The molecule has 6 heteroatoms. The molecule has 21 heavy (non-hydrogen) atoms. The summed E-state index contributed by atoms with van der Waals surface area (Å²) in [6, 6.07) is 3.60. The molecule has 1 aliphatic rings. The van der Waals surface area contributed by atoms with E-state index in [1.165, 1.54) is 0 Å². The fourth-order valence-corrected chi connectivity index (χ4v) is 2.82. The molecular weight excluding hydrogens is 268 g/mol. The van der Waals surface area contributed by atoms with Crippen molar-refractivity contribution in [1.82, 2.24) is 14.8 Å². The summed E-state index contributed by atoms with van der Waals surface area (Å²) in [7, 11) is 5.73. The molecule has 0 spiro atoms. The lowest BCUT2D eigenvalue weighted by atomic mass is 10.1. The largest absolute Gasteiger partial charge is 0.391 e. The first-order valence-electron chi connectivity index (χ1n) is 7.21. The number of aliphatic hydroxyl groups excluding tert-OH is 1. The molecule has 0 aromatic carbocycles. The summed E-state index contributed by atoms with van der Waals surface area (Å²) in [4.78, 5) is 20.9. The van der Waals surface area contributed by atoms with E-state index in [4.69, 9.17) is 0 Å². The van der Waals surface area contributed by atoms with Crippen LogP contribution >= 0.6 is 0 Å². The van der Waals surface area contributed by atoms with Crippen LogP contribution in [0.15, 0.2) is 12.1 Å². The zero-order chi connectivity index (χ0) is 15.6. The average Bonchev–Trinajstić information content (AvgIpc) is 2.77. The molecule has 0 aliphatic carbocycles. The number of pyridine rings is 1. The van der Waals surface area contributed by atoms with E-state index < -0.39 is 6.10 Å². The van der Waals surface area contributed by atoms with Gasteiger partial charge < -0.3 is 20.2 Å². The van der Waals surface area contributed by atoms with E-state index in [2.05, 4.69) is 10.3 Å². The smallest absolute Gasteiger partial charge is 0.254 e. The first kappa shape index (κ1) is 15.7. The number of nitrogens with one attached hydrogen (secondary N) is 1. The van der Waals surface area contributed by atoms with Crippen molar-refractivity contribution in [2.24, 2.45) is 0 Å². The summed E-state index contributed by atoms with van der Waals surface area (Å²) in [5.41, 5.74) is 1.42. The Morgan fingerprint density at radius 2 is 2.24 bits per heavy atom. The number of aryl methyl sites for hydroxylation is 1. The third-order valence-electron chi connectivity index (χ3n) is 3.69. The number of likely N-dealkylation sites (tertiary alicyclic amines) is 1. The molecule has 2 unspecified atom stereocenters. The maximum absolute atomic E-state index is 12.7. The molecule has 0 bridgehead atoms. The standard InChI is InChI=1S/C15H24N4O2/c1-10-5-11(6-14(16-2)17-10)15(21)19-9-13(20)7-12(19)8-18(3)4/h5-6,12-13,20H,7-9H2,1-4H3,(H,16,17). The van der Waals surface area contributed by atoms with Crippen molar-refractivity contribution in [3.05, 3.63) is 23.4 Å². The number of carbonyl (C=O) groups excluding carboxylic acids is 1. The number of carbonyl (C=O) groups is 1. The topological polar surface area (TPSA) is 68.7 Å². The number of amides is 1. The Kier molecular flexibility index (Phi) is 4.80. The fourth-order valence-electron chi connectivity index (χ4n) is 2.82. The van der Waals surface area contributed by atoms with Crippen molar-refractivity contribution < 1.29 is 9.90 Å². The second kappa shape index (κ2) is 6.41. The van der Waals surface area contributed by atoms with Crippen LogP contribution in [-0.4, -0.2) is 72.2 Å². The lowest BCUT2D eigenvalue weighted by Crippen LogP contribution is -2.41. The van der Waals surface area contributed by atoms with Gasteiger partial charge in [-0.2, -0.15) is 0 Å². The predicted molar refractivity (Wildman–Crippen MR) is 82.5 cm³/mol. The van der Waals surface area contributed by atoms with Gasteiger partial charge in [0.1, 0.15) is 5.82 Å². The SMILES string of the molecule is CNc1cc(C(=O)N2CC(O)CC2CN(C)C)cc(C)n1. The number of hydrogen-bond acceptors (Lipinski definition) is 5. The molecule has 2 heterocycles. The third-order valence-corrected chi connectivity index (χ3v) is 3.69. The molecule has 0 radical (unpaired) electrons. The first-order chi connectivity index (χ1) is 9.90. The number of hydrogen-bond donors (Lipinski definition) is 2. The highest BCUT2D eigenvalue weighted by Gasteiger charge is 2.35. The zero-order valence-electron chi connectivity index (χ0n) is 13.1. The van der Waals surface area contributed by atoms with E-state index in [1.807, 2.05) is 25.9 Å². The van der Waals surface area contributed by atoms with E-state index in [1.54, 1.807) is 24.1 Å². The van der Waals surface area contributed by atoms with Crippen LogP contribution in [0.3, 0.4) is 0 Å². The van der Waals surface area contributed by atoms with E-state index in [0.717, 1.165) is 12.2 Å². The van der Waals surface area contributed by atoms with Crippen molar-refractivity contribution >= 4 is 11.7 Å². The minimum atomic E-state index is -0.439. The Hall–Kier alpha value is -1.66. The number of rotatable bonds is 4. The number of aromatic nitrogens is 1. The number of nitrogens with zero attached hydrogens (tertiary/aromatic N) is 3. The maximum Gasteiger partial charge on any atom is 0.254 e. The Balaban J connectivity index is 2.23. The minimum absolute atomic E-state index is 0.0413. The number of anilines is 1. The quantitative estimate of drug-likeness (QED) is 0.849. The molecule has 1 saturated heterocycles. The van der Waals surface area contributed by atoms with Crippen molar-refractivity contribution in [2.45, 2.75) is 25.5 Å². The predicted octanol–water partition coefficient (Wildman–Crippen LogP) is 0.569. The average molecular weight is 292 g/mol. The molecule has 1 fully saturated rings. The van der Waals surface area contributed by atoms with Gasteiger partial charge >= 0.3 is 0 Å². The van der Waals surface area contributed by atoms with Gasteiger partial charge in [-0.25, -0.2) is 4.98 Å². The molecule has 2 atom stereocenters. The van der Waals surface area contributed by atoms with Crippen LogP contribution in [0.5, 0.6) is 0 Å². The number of β-amino-alcohol motifs (C(OH)–C–C–N with tert-alkyl or cyclic N) is 1. The van der Waals surface area contributed by atoms with Gasteiger partial charge in [-0.1, -0.05) is 0 Å². The normalized spacial score (nSPS) is 21.9. The summed E-state index contributed by atoms with van der Waals surface area (Å²) in [6.45, 7) is 3.02. The fraction of sp³-hybridized carbons (Fsp3) is 0.600. The summed E-state index contributed by atoms with van der Waals surface area (Å²) in [5, 5.41) is 12.9. The van der Waals surface area contributed by atoms with Gasteiger partial charge in [0.25, 0.3) is 5.91 Å². The van der Waals surface area contributed by atoms with E-state index >= 15 is 0 Å². The lowest BCUT2D eigenvalue weighted by Gasteiger charge is -2.27. The summed E-state index contributed by atoms with van der Waals surface area (Å²) in [5.74, 6) is 0.641. The van der Waals surface area contributed by atoms with Crippen LogP contribution in [0.4, 0.5) is 5.82 Å². The lowest BCUT2D eigenvalue weighted by molar-refractivity contribution is 0.0699. The second-order valence-electron chi connectivity index (χ2n) is 5.90. The minimum Gasteiger partial charge on any atom is -0.391 e. The number of likely N-dealkylation sites (N-methyl/N-ethyl adjacent to an activating group) is 1. The molecule has 1 aliphatic heterocycles. The van der Waals surface area contributed by atoms with E-state index in [9.17, 15) is 9.90 Å². The van der Waals surface area contributed by atoms with Crippen molar-refractivity contribution in [1.29, 1.82) is 0 Å². The van der Waals surface area contributed by atoms with Gasteiger partial charge in [-0.05, 0) is 39.6 Å². The Morgan fingerprint density at radius 3 is 2.86 bits per heavy atom. The Labute approximate surface area is 125 Å². The van der Waals surface area contributed by atoms with Gasteiger partial charge in [0.15, 0.2) is 0 Å². The molecule has 2 rings (SSSR count). The Bertz CT molecular complexity index is 518. The van der Waals surface area contributed by atoms with Crippen LogP contribution < -0.4 is 5.32 Å². The van der Waals surface area contributed by atoms with Crippen LogP contribution in [0, 0.1) is 6.92 Å². The summed E-state index contributed by atoms with van der Waals surface area (Å²) >= 11 is 0. The molecule has 1 aromatic rings. The highest BCUT2D eigenvalue weighted by Crippen LogP contribution is 2.22. The van der Waals surface area contributed by atoms with Crippen LogP contribution in [-0.2, 0) is 0 Å². The van der Waals surface area contributed by atoms with Crippen molar-refractivity contribution in [2.75, 3.05) is 39.5 Å². The molecule has 1 aromatic heterocycles. The second-order valence-corrected chi connectivity index (χ2v) is 5.90. The van der Waals surface area contributed by atoms with Gasteiger partial charge in [-0.3, -0.25) is 4.79 Å². The maximum atomic E-state index is 12.7. The molecule has 0 saturated carbocycles. The van der Waals surface area contributed by atoms with E-state index in [0.29, 0.717) is 24.3 Å². The van der Waals surface area contributed by atoms with Gasteiger partial charge in [0.05, 0.1) is 6.10 Å². The third kappa shape index (κ3) is 3.71. The summed E-state index contributed by atoms with van der Waals surface area (Å²) in [6.07, 6.45) is 0.193. The molecule has 116 valence electrons. The number of aliphatic hydroxyl groups is 1. The molecule has 2 N–H and O–H groups in total. The van der Waals surface area contributed by atoms with Crippen molar-refractivity contribution in [3.8, 4) is 0 Å². The van der Waals surface area contributed by atoms with Crippen LogP contribution in [0.25, 0.3) is 0 Å². The van der Waals surface area contributed by atoms with Gasteiger partial charge in [-0.15, -0.1) is 0 Å². The van der Waals surface area contributed by atoms with Gasteiger partial charge in [0.2, 0.25) is 0 Å². The van der Waals surface area contributed by atoms with Crippen molar-refractivity contribution in [3.63, 3.8) is 0 Å². The van der Waals surface area contributed by atoms with Gasteiger partial charge in [0, 0.05) is 37.4 Å². The monoisotopic (exact) mass is 292 g/mol. The Morgan fingerprint density at radius 1 is 1.52 bits per heavy atom. The van der Waals surface area contributed by atoms with Crippen LogP contribution in [0.2, 0.25) is 0 Å². The molecular formula is C15H24N4O2. The summed E-state index contributed by atoms with van der Waals surface area (Å²) < 4.78 is 0. The first-order valence-corrected chi connectivity index (χ1v) is 7.21.